The summed E-state index contributed by atoms with van der Waals surface area (Å²) < 4.78 is 10.0. The molecule has 2 aromatic rings. The van der Waals surface area contributed by atoms with Crippen LogP contribution in [0.5, 0.6) is 11.5 Å². The maximum Gasteiger partial charge on any atom is 0.366 e. The van der Waals surface area contributed by atoms with E-state index in [1.807, 2.05) is 0 Å². The first-order valence-corrected chi connectivity index (χ1v) is 6.56. The highest BCUT2D eigenvalue weighted by molar-refractivity contribution is 7.13. The molecule has 0 spiro atoms. The molecule has 0 aliphatic heterocycles. The van der Waals surface area contributed by atoms with Crippen LogP contribution in [-0.4, -0.2) is 18.0 Å². The van der Waals surface area contributed by atoms with Crippen molar-refractivity contribution in [3.8, 4) is 11.5 Å². The maximum absolute atomic E-state index is 11.6. The molecule has 2 rings (SSSR count). The monoisotopic (exact) mass is 313 g/mol. The van der Waals surface area contributed by atoms with Crippen LogP contribution in [0.15, 0.2) is 29.6 Å². The van der Waals surface area contributed by atoms with Gasteiger partial charge in [0.1, 0.15) is 11.3 Å². The van der Waals surface area contributed by atoms with E-state index in [1.165, 1.54) is 36.8 Å². The van der Waals surface area contributed by atoms with Gasteiger partial charge in [0.25, 0.3) is 0 Å². The van der Waals surface area contributed by atoms with Crippen LogP contribution in [0.2, 0.25) is 5.02 Å². The molecule has 104 valence electrons. The molecular weight excluding hydrogens is 306 g/mol. The second-order valence-corrected chi connectivity index (χ2v) is 4.91. The molecular formula is C12H8ClNO5S. The number of thiophene rings is 1. The lowest BCUT2D eigenvalue weighted by Gasteiger charge is -2.08. The summed E-state index contributed by atoms with van der Waals surface area (Å²) in [6, 6.07) is 5.80. The number of nitrogens with zero attached hydrogens (tertiary/aromatic N) is 1. The van der Waals surface area contributed by atoms with Gasteiger partial charge in [-0.05, 0) is 24.3 Å². The molecule has 1 heterocycles. The summed E-state index contributed by atoms with van der Waals surface area (Å²) in [5, 5.41) is 12.5. The lowest BCUT2D eigenvalue weighted by Crippen LogP contribution is -2.03. The summed E-state index contributed by atoms with van der Waals surface area (Å²) in [5.74, 6) is -0.435. The predicted octanol–water partition coefficient (Wildman–Crippen LogP) is 3.89. The number of ether oxygens (including phenoxy) is 2. The van der Waals surface area contributed by atoms with Crippen molar-refractivity contribution in [2.24, 2.45) is 0 Å². The summed E-state index contributed by atoms with van der Waals surface area (Å²) in [4.78, 5) is 21.9. The Morgan fingerprint density at radius 2 is 2.10 bits per heavy atom. The summed E-state index contributed by atoms with van der Waals surface area (Å²) in [6.07, 6.45) is 0. The highest BCUT2D eigenvalue weighted by atomic mass is 35.5. The van der Waals surface area contributed by atoms with Gasteiger partial charge in [-0.2, -0.15) is 0 Å². The van der Waals surface area contributed by atoms with Crippen molar-refractivity contribution in [2.75, 3.05) is 7.11 Å². The Hall–Kier alpha value is -2.12. The minimum absolute atomic E-state index is 0.0625. The van der Waals surface area contributed by atoms with Gasteiger partial charge in [0.2, 0.25) is 5.75 Å². The van der Waals surface area contributed by atoms with Crippen LogP contribution in [0.25, 0.3) is 0 Å². The van der Waals surface area contributed by atoms with Crippen molar-refractivity contribution < 1.29 is 19.2 Å². The largest absolute Gasteiger partial charge is 0.465 e. The molecule has 1 aromatic heterocycles. The van der Waals surface area contributed by atoms with E-state index in [0.717, 1.165) is 11.3 Å². The second-order valence-electron chi connectivity index (χ2n) is 3.58. The maximum atomic E-state index is 11.6. The van der Waals surface area contributed by atoms with Gasteiger partial charge in [-0.3, -0.25) is 10.1 Å². The molecule has 0 atom stereocenters. The van der Waals surface area contributed by atoms with Gasteiger partial charge in [0, 0.05) is 10.4 Å². The van der Waals surface area contributed by atoms with Crippen LogP contribution in [0.4, 0.5) is 5.00 Å². The molecule has 0 radical (unpaired) electrons. The van der Waals surface area contributed by atoms with Crippen LogP contribution in [0, 0.1) is 10.1 Å². The Kier molecular flexibility index (Phi) is 4.21. The second kappa shape index (κ2) is 5.89. The molecule has 0 aliphatic rings. The third kappa shape index (κ3) is 2.89. The van der Waals surface area contributed by atoms with E-state index in [2.05, 4.69) is 4.74 Å². The molecule has 0 saturated heterocycles. The molecule has 0 fully saturated rings. The SMILES string of the molecule is COC(=O)c1cc(Cl)ccc1Oc1ccsc1[N+](=O)[O-]. The normalized spacial score (nSPS) is 10.1. The van der Waals surface area contributed by atoms with Crippen LogP contribution < -0.4 is 4.74 Å². The number of rotatable bonds is 4. The van der Waals surface area contributed by atoms with Crippen LogP contribution in [0.1, 0.15) is 10.4 Å². The van der Waals surface area contributed by atoms with Gasteiger partial charge >= 0.3 is 11.0 Å². The topological polar surface area (TPSA) is 78.7 Å². The zero-order chi connectivity index (χ0) is 14.7. The van der Waals surface area contributed by atoms with Gasteiger partial charge < -0.3 is 9.47 Å². The van der Waals surface area contributed by atoms with Crippen molar-refractivity contribution in [3.05, 3.63) is 50.3 Å². The third-order valence-electron chi connectivity index (χ3n) is 2.34. The Bertz CT molecular complexity index is 670. The Labute approximate surface area is 122 Å². The summed E-state index contributed by atoms with van der Waals surface area (Å²) in [7, 11) is 1.22. The standard InChI is InChI=1S/C12H8ClNO5S/c1-18-12(15)8-6-7(13)2-3-9(8)19-10-4-5-20-11(10)14(16)17/h2-6H,1H3. The lowest BCUT2D eigenvalue weighted by atomic mass is 10.2. The van der Waals surface area contributed by atoms with Crippen molar-refractivity contribution in [1.29, 1.82) is 0 Å². The third-order valence-corrected chi connectivity index (χ3v) is 3.42. The number of methoxy groups -OCH3 is 1. The molecule has 0 saturated carbocycles. The Morgan fingerprint density at radius 1 is 1.35 bits per heavy atom. The number of nitro groups is 1. The van der Waals surface area contributed by atoms with E-state index in [4.69, 9.17) is 16.3 Å². The summed E-state index contributed by atoms with van der Waals surface area (Å²) >= 11 is 6.75. The average Bonchev–Trinajstić information content (AvgIpc) is 2.88. The van der Waals surface area contributed by atoms with Crippen LogP contribution in [0.3, 0.4) is 0 Å². The van der Waals surface area contributed by atoms with Gasteiger partial charge in [0.05, 0.1) is 12.0 Å². The van der Waals surface area contributed by atoms with Crippen LogP contribution in [-0.2, 0) is 4.74 Å². The van der Waals surface area contributed by atoms with Crippen LogP contribution >= 0.6 is 22.9 Å². The molecule has 1 aromatic carbocycles. The first kappa shape index (κ1) is 14.3. The molecule has 0 unspecified atom stereocenters. The number of halogens is 1. The molecule has 0 amide bonds. The van der Waals surface area contributed by atoms with Crippen molar-refractivity contribution >= 4 is 33.9 Å². The van der Waals surface area contributed by atoms with E-state index in [-0.39, 0.29) is 22.1 Å². The minimum atomic E-state index is -0.639. The summed E-state index contributed by atoms with van der Waals surface area (Å²) in [6.45, 7) is 0. The Morgan fingerprint density at radius 3 is 2.75 bits per heavy atom. The van der Waals surface area contributed by atoms with E-state index >= 15 is 0 Å². The summed E-state index contributed by atoms with van der Waals surface area (Å²) in [5.41, 5.74) is 0.0977. The van der Waals surface area contributed by atoms with Crippen molar-refractivity contribution in [2.45, 2.75) is 0 Å². The van der Waals surface area contributed by atoms with Crippen molar-refractivity contribution in [1.82, 2.24) is 0 Å². The van der Waals surface area contributed by atoms with Gasteiger partial charge in [-0.1, -0.05) is 22.9 Å². The first-order chi connectivity index (χ1) is 9.52. The zero-order valence-electron chi connectivity index (χ0n) is 10.2. The number of esters is 1. The Balaban J connectivity index is 2.40. The fourth-order valence-electron chi connectivity index (χ4n) is 1.48. The molecule has 20 heavy (non-hydrogen) atoms. The van der Waals surface area contributed by atoms with Gasteiger partial charge in [0.15, 0.2) is 0 Å². The minimum Gasteiger partial charge on any atom is -0.465 e. The lowest BCUT2D eigenvalue weighted by molar-refractivity contribution is -0.380. The number of carbonyl (C=O) groups excluding carboxylic acids is 1. The smallest absolute Gasteiger partial charge is 0.366 e. The van der Waals surface area contributed by atoms with E-state index in [0.29, 0.717) is 5.02 Å². The fourth-order valence-corrected chi connectivity index (χ4v) is 2.28. The van der Waals surface area contributed by atoms with E-state index in [1.54, 1.807) is 0 Å². The predicted molar refractivity (Wildman–Crippen MR) is 73.8 cm³/mol. The molecule has 0 aliphatic carbocycles. The highest BCUT2D eigenvalue weighted by Crippen LogP contribution is 2.37. The molecule has 0 N–H and O–H groups in total. The highest BCUT2D eigenvalue weighted by Gasteiger charge is 2.21. The molecule has 6 nitrogen and oxygen atoms in total. The van der Waals surface area contributed by atoms with Gasteiger partial charge in [-0.15, -0.1) is 0 Å². The van der Waals surface area contributed by atoms with E-state index in [9.17, 15) is 14.9 Å². The quantitative estimate of drug-likeness (QED) is 0.486. The number of carbonyl (C=O) groups is 1. The fraction of sp³-hybridized carbons (Fsp3) is 0.0833. The first-order valence-electron chi connectivity index (χ1n) is 5.30. The number of benzene rings is 1. The number of hydrogen-bond donors (Lipinski definition) is 0. The zero-order valence-corrected chi connectivity index (χ0v) is 11.7. The number of hydrogen-bond acceptors (Lipinski definition) is 6. The molecule has 8 heteroatoms. The van der Waals surface area contributed by atoms with Gasteiger partial charge in [-0.25, -0.2) is 4.79 Å². The molecule has 0 bridgehead atoms. The van der Waals surface area contributed by atoms with Crippen molar-refractivity contribution in [3.63, 3.8) is 0 Å². The average molecular weight is 314 g/mol. The van der Waals surface area contributed by atoms with E-state index < -0.39 is 10.9 Å².